The number of hydrogen-bond donors (Lipinski definition) is 0. The molecule has 5 heteroatoms. The zero-order valence-electron chi connectivity index (χ0n) is 11.8. The van der Waals surface area contributed by atoms with Gasteiger partial charge in [-0.25, -0.2) is 9.78 Å². The lowest BCUT2D eigenvalue weighted by molar-refractivity contribution is 0.528. The molecule has 0 atom stereocenters. The number of hydrogen-bond acceptors (Lipinski definition) is 4. The van der Waals surface area contributed by atoms with Crippen molar-refractivity contribution < 1.29 is 4.42 Å². The summed E-state index contributed by atoms with van der Waals surface area (Å²) in [5.74, 6) is -0.351. The molecule has 0 fully saturated rings. The third-order valence-corrected chi connectivity index (χ3v) is 4.50. The van der Waals surface area contributed by atoms with Crippen molar-refractivity contribution in [3.63, 3.8) is 0 Å². The van der Waals surface area contributed by atoms with E-state index in [-0.39, 0.29) is 5.76 Å². The Labute approximate surface area is 130 Å². The van der Waals surface area contributed by atoms with Crippen LogP contribution in [0.5, 0.6) is 0 Å². The molecule has 0 amide bonds. The molecule has 2 aromatic heterocycles. The quantitative estimate of drug-likeness (QED) is 0.564. The minimum Gasteiger partial charge on any atom is -0.408 e. The van der Waals surface area contributed by atoms with E-state index in [1.807, 2.05) is 53.9 Å². The Bertz CT molecular complexity index is 1010. The number of aromatic nitrogens is 2. The molecule has 0 radical (unpaired) electrons. The minimum absolute atomic E-state index is 0.351. The second-order valence-corrected chi connectivity index (χ2v) is 5.87. The molecule has 0 saturated carbocycles. The average molecular weight is 308 g/mol. The Morgan fingerprint density at radius 1 is 1.09 bits per heavy atom. The lowest BCUT2D eigenvalue weighted by Crippen LogP contribution is -2.08. The van der Waals surface area contributed by atoms with Crippen LogP contribution in [-0.4, -0.2) is 9.55 Å². The molecular weight excluding hydrogens is 296 g/mol. The molecule has 4 aromatic rings. The van der Waals surface area contributed by atoms with Crippen LogP contribution in [0.3, 0.4) is 0 Å². The predicted octanol–water partition coefficient (Wildman–Crippen LogP) is 3.92. The van der Waals surface area contributed by atoms with Crippen molar-refractivity contribution in [3.8, 4) is 21.8 Å². The summed E-state index contributed by atoms with van der Waals surface area (Å²) in [7, 11) is 1.70. The van der Waals surface area contributed by atoms with Crippen LogP contribution in [0.15, 0.2) is 63.1 Å². The van der Waals surface area contributed by atoms with Gasteiger partial charge in [-0.2, -0.15) is 0 Å². The summed E-state index contributed by atoms with van der Waals surface area (Å²) >= 11 is 1.60. The summed E-state index contributed by atoms with van der Waals surface area (Å²) in [6.45, 7) is 0. The molecule has 0 aliphatic carbocycles. The Kier molecular flexibility index (Phi) is 2.94. The van der Waals surface area contributed by atoms with Crippen molar-refractivity contribution >= 4 is 22.4 Å². The lowest BCUT2D eigenvalue weighted by atomic mass is 10.1. The second-order valence-electron chi connectivity index (χ2n) is 5.01. The van der Waals surface area contributed by atoms with E-state index in [9.17, 15) is 4.79 Å². The van der Waals surface area contributed by atoms with Gasteiger partial charge in [0.2, 0.25) is 0 Å². The first kappa shape index (κ1) is 13.0. The summed E-state index contributed by atoms with van der Waals surface area (Å²) in [5, 5.41) is 3.00. The van der Waals surface area contributed by atoms with E-state index in [0.29, 0.717) is 5.58 Å². The molecule has 0 spiro atoms. The number of thiazole rings is 1. The Hall–Kier alpha value is -2.66. The zero-order valence-corrected chi connectivity index (χ0v) is 12.6. The van der Waals surface area contributed by atoms with E-state index in [1.54, 1.807) is 18.4 Å². The predicted molar refractivity (Wildman–Crippen MR) is 88.0 cm³/mol. The summed E-state index contributed by atoms with van der Waals surface area (Å²) < 4.78 is 6.73. The normalized spacial score (nSPS) is 11.1. The highest BCUT2D eigenvalue weighted by Crippen LogP contribution is 2.30. The number of aryl methyl sites for hydroxylation is 1. The van der Waals surface area contributed by atoms with E-state index in [1.165, 1.54) is 4.57 Å². The molecule has 4 nitrogen and oxygen atoms in total. The van der Waals surface area contributed by atoms with Gasteiger partial charge in [0.25, 0.3) is 0 Å². The van der Waals surface area contributed by atoms with Gasteiger partial charge < -0.3 is 4.42 Å². The minimum atomic E-state index is -0.351. The van der Waals surface area contributed by atoms with Crippen LogP contribution in [-0.2, 0) is 7.05 Å². The van der Waals surface area contributed by atoms with Crippen molar-refractivity contribution in [2.24, 2.45) is 7.05 Å². The van der Waals surface area contributed by atoms with Gasteiger partial charge in [0.15, 0.2) is 5.58 Å². The summed E-state index contributed by atoms with van der Waals surface area (Å²) in [6.07, 6.45) is 0. The van der Waals surface area contributed by atoms with Gasteiger partial charge >= 0.3 is 5.76 Å². The van der Waals surface area contributed by atoms with Crippen LogP contribution in [0.1, 0.15) is 0 Å². The van der Waals surface area contributed by atoms with E-state index in [0.717, 1.165) is 27.3 Å². The highest BCUT2D eigenvalue weighted by molar-refractivity contribution is 7.13. The first-order valence-electron chi connectivity index (χ1n) is 6.83. The number of rotatable bonds is 2. The molecule has 0 bridgehead atoms. The van der Waals surface area contributed by atoms with Gasteiger partial charge in [0.1, 0.15) is 5.01 Å². The molecule has 0 saturated heterocycles. The number of fused-ring (bicyclic) bond motifs is 1. The number of benzene rings is 2. The van der Waals surface area contributed by atoms with Crippen LogP contribution in [0, 0.1) is 0 Å². The van der Waals surface area contributed by atoms with Crippen molar-refractivity contribution in [3.05, 3.63) is 64.5 Å². The van der Waals surface area contributed by atoms with Gasteiger partial charge in [0, 0.05) is 23.6 Å². The summed E-state index contributed by atoms with van der Waals surface area (Å²) in [4.78, 5) is 16.2. The Morgan fingerprint density at radius 2 is 1.91 bits per heavy atom. The first-order chi connectivity index (χ1) is 10.7. The van der Waals surface area contributed by atoms with Gasteiger partial charge in [-0.3, -0.25) is 4.57 Å². The molecule has 0 N–H and O–H groups in total. The first-order valence-corrected chi connectivity index (χ1v) is 7.71. The number of nitrogens with zero attached hydrogens (tertiary/aromatic N) is 2. The molecule has 22 heavy (non-hydrogen) atoms. The standard InChI is InChI=1S/C17H12N2O2S/c1-19-14-8-7-12(9-15(14)21-17(19)20)13-10-22-16(18-13)11-5-3-2-4-6-11/h2-10H,1H3. The van der Waals surface area contributed by atoms with Gasteiger partial charge in [-0.05, 0) is 12.1 Å². The van der Waals surface area contributed by atoms with E-state index >= 15 is 0 Å². The molecular formula is C17H12N2O2S. The van der Waals surface area contributed by atoms with E-state index < -0.39 is 0 Å². The van der Waals surface area contributed by atoms with Gasteiger partial charge in [-0.1, -0.05) is 36.4 Å². The number of oxazole rings is 1. The molecule has 0 aliphatic heterocycles. The summed E-state index contributed by atoms with van der Waals surface area (Å²) in [6, 6.07) is 15.8. The van der Waals surface area contributed by atoms with Gasteiger partial charge in [-0.15, -0.1) is 11.3 Å². The van der Waals surface area contributed by atoms with Crippen molar-refractivity contribution in [1.29, 1.82) is 0 Å². The largest absolute Gasteiger partial charge is 0.419 e. The third-order valence-electron chi connectivity index (χ3n) is 3.61. The highest BCUT2D eigenvalue weighted by Gasteiger charge is 2.10. The monoisotopic (exact) mass is 308 g/mol. The molecule has 4 rings (SSSR count). The van der Waals surface area contributed by atoms with Crippen LogP contribution in [0.2, 0.25) is 0 Å². The molecule has 2 heterocycles. The van der Waals surface area contributed by atoms with Crippen LogP contribution in [0.25, 0.3) is 32.9 Å². The lowest BCUT2D eigenvalue weighted by Gasteiger charge is -1.97. The maximum Gasteiger partial charge on any atom is 0.419 e. The molecule has 2 aromatic carbocycles. The third kappa shape index (κ3) is 2.07. The van der Waals surface area contributed by atoms with Gasteiger partial charge in [0.05, 0.1) is 11.2 Å². The highest BCUT2D eigenvalue weighted by atomic mass is 32.1. The van der Waals surface area contributed by atoms with Crippen LogP contribution >= 0.6 is 11.3 Å². The van der Waals surface area contributed by atoms with Crippen LogP contribution < -0.4 is 5.76 Å². The fourth-order valence-corrected chi connectivity index (χ4v) is 3.25. The van der Waals surface area contributed by atoms with E-state index in [2.05, 4.69) is 4.98 Å². The maximum atomic E-state index is 11.6. The second kappa shape index (κ2) is 4.96. The smallest absolute Gasteiger partial charge is 0.408 e. The SMILES string of the molecule is Cn1c(=O)oc2cc(-c3csc(-c4ccccc4)n3)ccc21. The van der Waals surface area contributed by atoms with Crippen molar-refractivity contribution in [1.82, 2.24) is 9.55 Å². The zero-order chi connectivity index (χ0) is 15.1. The molecule has 108 valence electrons. The fourth-order valence-electron chi connectivity index (χ4n) is 2.41. The fraction of sp³-hybridized carbons (Fsp3) is 0.0588. The van der Waals surface area contributed by atoms with Crippen molar-refractivity contribution in [2.75, 3.05) is 0 Å². The topological polar surface area (TPSA) is 48.0 Å². The molecule has 0 unspecified atom stereocenters. The van der Waals surface area contributed by atoms with E-state index in [4.69, 9.17) is 4.42 Å². The summed E-state index contributed by atoms with van der Waals surface area (Å²) in [5.41, 5.74) is 4.30. The Balaban J connectivity index is 1.79. The van der Waals surface area contributed by atoms with Crippen molar-refractivity contribution in [2.45, 2.75) is 0 Å². The average Bonchev–Trinajstić information content (AvgIpc) is 3.14. The molecule has 0 aliphatic rings. The van der Waals surface area contributed by atoms with Crippen LogP contribution in [0.4, 0.5) is 0 Å². The Morgan fingerprint density at radius 3 is 2.73 bits per heavy atom. The maximum absolute atomic E-state index is 11.6.